The highest BCUT2D eigenvalue weighted by molar-refractivity contribution is 7.09. The maximum atomic E-state index is 12.1. The van der Waals surface area contributed by atoms with Gasteiger partial charge in [0.25, 0.3) is 0 Å². The van der Waals surface area contributed by atoms with E-state index in [4.69, 9.17) is 11.6 Å². The molecule has 94 valence electrons. The van der Waals surface area contributed by atoms with Gasteiger partial charge in [-0.2, -0.15) is 0 Å². The summed E-state index contributed by atoms with van der Waals surface area (Å²) in [5.41, 5.74) is 0.867. The average molecular weight is 273 g/mol. The highest BCUT2D eigenvalue weighted by atomic mass is 35.5. The molecule has 1 atom stereocenters. The summed E-state index contributed by atoms with van der Waals surface area (Å²) in [7, 11) is 0. The van der Waals surface area contributed by atoms with Gasteiger partial charge in [0.2, 0.25) is 5.91 Å². The van der Waals surface area contributed by atoms with Crippen molar-refractivity contribution in [3.8, 4) is 0 Å². The third-order valence-corrected chi connectivity index (χ3v) is 4.33. The highest BCUT2D eigenvalue weighted by Gasteiger charge is 2.23. The molecule has 2 heterocycles. The van der Waals surface area contributed by atoms with Crippen LogP contribution in [0.3, 0.4) is 0 Å². The van der Waals surface area contributed by atoms with E-state index >= 15 is 0 Å². The molecule has 0 radical (unpaired) electrons. The van der Waals surface area contributed by atoms with E-state index in [1.54, 1.807) is 0 Å². The monoisotopic (exact) mass is 272 g/mol. The van der Waals surface area contributed by atoms with Gasteiger partial charge in [0.05, 0.1) is 18.0 Å². The molecule has 0 spiro atoms. The van der Waals surface area contributed by atoms with Crippen molar-refractivity contribution in [1.29, 1.82) is 0 Å². The molecule has 1 unspecified atom stereocenters. The molecule has 0 aromatic carbocycles. The van der Waals surface area contributed by atoms with E-state index < -0.39 is 0 Å². The number of carbonyl (C=O) groups excluding carboxylic acids is 1. The lowest BCUT2D eigenvalue weighted by Gasteiger charge is -2.33. The predicted octanol–water partition coefficient (Wildman–Crippen LogP) is 2.83. The van der Waals surface area contributed by atoms with E-state index in [-0.39, 0.29) is 5.91 Å². The summed E-state index contributed by atoms with van der Waals surface area (Å²) in [5.74, 6) is 0.623. The van der Waals surface area contributed by atoms with Gasteiger partial charge in [-0.15, -0.1) is 22.9 Å². The summed E-state index contributed by atoms with van der Waals surface area (Å²) < 4.78 is 0. The molecule has 1 aliphatic rings. The SMILES string of the molecule is CC1CCCCN1C(=O)Cc1nc(CCl)cs1. The van der Waals surface area contributed by atoms with Crippen LogP contribution < -0.4 is 0 Å². The lowest BCUT2D eigenvalue weighted by molar-refractivity contribution is -0.133. The fourth-order valence-electron chi connectivity index (χ4n) is 2.19. The number of carbonyl (C=O) groups is 1. The molecule has 17 heavy (non-hydrogen) atoms. The van der Waals surface area contributed by atoms with E-state index in [0.717, 1.165) is 30.1 Å². The van der Waals surface area contributed by atoms with Crippen LogP contribution in [0.4, 0.5) is 0 Å². The summed E-state index contributed by atoms with van der Waals surface area (Å²) in [6, 6.07) is 0.378. The number of aromatic nitrogens is 1. The Morgan fingerprint density at radius 3 is 3.12 bits per heavy atom. The molecule has 5 heteroatoms. The van der Waals surface area contributed by atoms with Crippen molar-refractivity contribution < 1.29 is 4.79 Å². The molecular formula is C12H17ClN2OS. The van der Waals surface area contributed by atoms with Crippen LogP contribution >= 0.6 is 22.9 Å². The van der Waals surface area contributed by atoms with E-state index in [1.165, 1.54) is 17.8 Å². The molecule has 1 aliphatic heterocycles. The maximum Gasteiger partial charge on any atom is 0.229 e. The fourth-order valence-corrected chi connectivity index (χ4v) is 3.20. The number of likely N-dealkylation sites (tertiary alicyclic amines) is 1. The lowest BCUT2D eigenvalue weighted by atomic mass is 10.0. The van der Waals surface area contributed by atoms with Crippen molar-refractivity contribution in [2.24, 2.45) is 0 Å². The van der Waals surface area contributed by atoms with E-state index in [2.05, 4.69) is 11.9 Å². The first-order valence-corrected chi connectivity index (χ1v) is 7.41. The van der Waals surface area contributed by atoms with Crippen molar-refractivity contribution in [2.75, 3.05) is 6.54 Å². The van der Waals surface area contributed by atoms with Gasteiger partial charge in [0.15, 0.2) is 0 Å². The number of piperidine rings is 1. The zero-order chi connectivity index (χ0) is 12.3. The Labute approximate surface area is 111 Å². The van der Waals surface area contributed by atoms with Crippen LogP contribution in [0.15, 0.2) is 5.38 Å². The number of hydrogen-bond donors (Lipinski definition) is 0. The molecule has 3 nitrogen and oxygen atoms in total. The minimum Gasteiger partial charge on any atom is -0.340 e. The van der Waals surface area contributed by atoms with Crippen LogP contribution in [0.1, 0.15) is 36.9 Å². The van der Waals surface area contributed by atoms with Gasteiger partial charge in [-0.1, -0.05) is 0 Å². The zero-order valence-electron chi connectivity index (χ0n) is 9.99. The summed E-state index contributed by atoms with van der Waals surface area (Å²) in [6.45, 7) is 3.02. The predicted molar refractivity (Wildman–Crippen MR) is 70.4 cm³/mol. The molecule has 1 aromatic rings. The fraction of sp³-hybridized carbons (Fsp3) is 0.667. The smallest absolute Gasteiger partial charge is 0.229 e. The van der Waals surface area contributed by atoms with E-state index in [1.807, 2.05) is 10.3 Å². The molecule has 1 amide bonds. The second kappa shape index (κ2) is 5.83. The van der Waals surface area contributed by atoms with Gasteiger partial charge in [-0.3, -0.25) is 4.79 Å². The zero-order valence-corrected chi connectivity index (χ0v) is 11.6. The second-order valence-electron chi connectivity index (χ2n) is 4.47. The molecule has 0 N–H and O–H groups in total. The number of alkyl halides is 1. The van der Waals surface area contributed by atoms with Crippen LogP contribution in [0.25, 0.3) is 0 Å². The van der Waals surface area contributed by atoms with Crippen molar-refractivity contribution in [3.05, 3.63) is 16.1 Å². The molecule has 1 saturated heterocycles. The molecule has 0 aliphatic carbocycles. The van der Waals surface area contributed by atoms with Gasteiger partial charge < -0.3 is 4.90 Å². The number of halogens is 1. The topological polar surface area (TPSA) is 33.2 Å². The number of rotatable bonds is 3. The molecule has 1 fully saturated rings. The first kappa shape index (κ1) is 12.8. The summed E-state index contributed by atoms with van der Waals surface area (Å²) in [6.07, 6.45) is 3.90. The van der Waals surface area contributed by atoms with E-state index in [0.29, 0.717) is 18.3 Å². The van der Waals surface area contributed by atoms with Crippen molar-refractivity contribution in [3.63, 3.8) is 0 Å². The summed E-state index contributed by atoms with van der Waals surface area (Å²) in [4.78, 5) is 18.5. The highest BCUT2D eigenvalue weighted by Crippen LogP contribution is 2.19. The van der Waals surface area contributed by atoms with Gasteiger partial charge >= 0.3 is 0 Å². The normalized spacial score (nSPS) is 20.6. The van der Waals surface area contributed by atoms with Gasteiger partial charge in [0.1, 0.15) is 5.01 Å². The Morgan fingerprint density at radius 1 is 1.65 bits per heavy atom. The molecule has 1 aromatic heterocycles. The maximum absolute atomic E-state index is 12.1. The number of hydrogen-bond acceptors (Lipinski definition) is 3. The number of nitrogens with zero attached hydrogens (tertiary/aromatic N) is 2. The van der Waals surface area contributed by atoms with Crippen LogP contribution in [-0.2, 0) is 17.1 Å². The minimum atomic E-state index is 0.202. The molecule has 2 rings (SSSR count). The number of amides is 1. The Kier molecular flexibility index (Phi) is 4.40. The first-order chi connectivity index (χ1) is 8.20. The van der Waals surface area contributed by atoms with Crippen LogP contribution in [0.5, 0.6) is 0 Å². The third kappa shape index (κ3) is 3.19. The Bertz CT molecular complexity index is 394. The van der Waals surface area contributed by atoms with Crippen LogP contribution in [0.2, 0.25) is 0 Å². The van der Waals surface area contributed by atoms with Gasteiger partial charge in [-0.05, 0) is 26.2 Å². The summed E-state index contributed by atoms with van der Waals surface area (Å²) >= 11 is 7.22. The first-order valence-electron chi connectivity index (χ1n) is 5.99. The Hall–Kier alpha value is -0.610. The lowest BCUT2D eigenvalue weighted by Crippen LogP contribution is -2.42. The largest absolute Gasteiger partial charge is 0.340 e. The molecule has 0 saturated carbocycles. The van der Waals surface area contributed by atoms with Gasteiger partial charge in [-0.25, -0.2) is 4.98 Å². The van der Waals surface area contributed by atoms with Crippen LogP contribution in [-0.4, -0.2) is 28.4 Å². The van der Waals surface area contributed by atoms with Crippen LogP contribution in [0, 0.1) is 0 Å². The Morgan fingerprint density at radius 2 is 2.47 bits per heavy atom. The number of thiazole rings is 1. The van der Waals surface area contributed by atoms with Crippen molar-refractivity contribution >= 4 is 28.8 Å². The standard InChI is InChI=1S/C12H17ClN2OS/c1-9-4-2-3-5-15(9)12(16)6-11-14-10(7-13)8-17-11/h8-9H,2-7H2,1H3. The second-order valence-corrected chi connectivity index (χ2v) is 5.68. The summed E-state index contributed by atoms with van der Waals surface area (Å²) in [5, 5.41) is 2.80. The minimum absolute atomic E-state index is 0.202. The van der Waals surface area contributed by atoms with Crippen molar-refractivity contribution in [1.82, 2.24) is 9.88 Å². The molecule has 0 bridgehead atoms. The van der Waals surface area contributed by atoms with E-state index in [9.17, 15) is 4.79 Å². The quantitative estimate of drug-likeness (QED) is 0.793. The van der Waals surface area contributed by atoms with Gasteiger partial charge in [0, 0.05) is 18.0 Å². The molecular weight excluding hydrogens is 256 g/mol. The third-order valence-electron chi connectivity index (χ3n) is 3.16. The Balaban J connectivity index is 1.95. The average Bonchev–Trinajstić information content (AvgIpc) is 2.77. The van der Waals surface area contributed by atoms with Crippen molar-refractivity contribution in [2.45, 2.75) is 44.5 Å².